The summed E-state index contributed by atoms with van der Waals surface area (Å²) in [6.07, 6.45) is 2.08. The van der Waals surface area contributed by atoms with Crippen molar-refractivity contribution in [2.45, 2.75) is 31.8 Å². The van der Waals surface area contributed by atoms with Crippen molar-refractivity contribution in [3.05, 3.63) is 29.8 Å². The average molecular weight is 260 g/mol. The van der Waals surface area contributed by atoms with Gasteiger partial charge in [0.25, 0.3) is 0 Å². The molecule has 2 heterocycles. The number of rotatable bonds is 1. The lowest BCUT2D eigenvalue weighted by Gasteiger charge is -2.38. The minimum Gasteiger partial charge on any atom is -0.378 e. The summed E-state index contributed by atoms with van der Waals surface area (Å²) < 4.78 is 5.41. The second-order valence-corrected chi connectivity index (χ2v) is 5.31. The van der Waals surface area contributed by atoms with Crippen molar-refractivity contribution in [1.82, 2.24) is 5.32 Å². The Morgan fingerprint density at radius 2 is 2.26 bits per heavy atom. The fourth-order valence-electron chi connectivity index (χ4n) is 2.92. The van der Waals surface area contributed by atoms with Gasteiger partial charge in [-0.25, -0.2) is 0 Å². The first-order chi connectivity index (χ1) is 9.27. The summed E-state index contributed by atoms with van der Waals surface area (Å²) >= 11 is 0. The van der Waals surface area contributed by atoms with Gasteiger partial charge in [-0.3, -0.25) is 4.79 Å². The second kappa shape index (κ2) is 5.31. The lowest BCUT2D eigenvalue weighted by Crippen LogP contribution is -2.55. The Kier molecular flexibility index (Phi) is 3.53. The number of hydrogen-bond acceptors (Lipinski definition) is 3. The zero-order valence-electron chi connectivity index (χ0n) is 11.3. The molecule has 1 saturated heterocycles. The quantitative estimate of drug-likeness (QED) is 0.828. The molecule has 0 spiro atoms. The molecule has 19 heavy (non-hydrogen) atoms. The molecule has 1 amide bonds. The first-order valence-electron chi connectivity index (χ1n) is 6.99. The van der Waals surface area contributed by atoms with Crippen molar-refractivity contribution in [1.29, 1.82) is 0 Å². The number of aryl methyl sites for hydroxylation is 1. The van der Waals surface area contributed by atoms with Gasteiger partial charge in [0.15, 0.2) is 0 Å². The van der Waals surface area contributed by atoms with Gasteiger partial charge < -0.3 is 15.0 Å². The number of hydrogen-bond donors (Lipinski definition) is 1. The highest BCUT2D eigenvalue weighted by atomic mass is 16.5. The number of para-hydroxylation sites is 1. The van der Waals surface area contributed by atoms with Gasteiger partial charge in [0.1, 0.15) is 6.04 Å². The third-order valence-corrected chi connectivity index (χ3v) is 3.98. The number of amides is 1. The van der Waals surface area contributed by atoms with E-state index in [0.717, 1.165) is 25.1 Å². The smallest absolute Gasteiger partial charge is 0.246 e. The zero-order chi connectivity index (χ0) is 13.2. The molecule has 1 aromatic rings. The molecule has 102 valence electrons. The summed E-state index contributed by atoms with van der Waals surface area (Å²) in [6.45, 7) is 4.04. The van der Waals surface area contributed by atoms with E-state index < -0.39 is 0 Å². The van der Waals surface area contributed by atoms with Crippen molar-refractivity contribution in [3.8, 4) is 0 Å². The van der Waals surface area contributed by atoms with Crippen molar-refractivity contribution in [3.63, 3.8) is 0 Å². The van der Waals surface area contributed by atoms with Crippen LogP contribution >= 0.6 is 0 Å². The zero-order valence-corrected chi connectivity index (χ0v) is 11.3. The molecular formula is C15H20N2O2. The highest BCUT2D eigenvalue weighted by molar-refractivity contribution is 5.98. The van der Waals surface area contributed by atoms with E-state index in [9.17, 15) is 4.79 Å². The van der Waals surface area contributed by atoms with Gasteiger partial charge in [-0.2, -0.15) is 0 Å². The molecule has 2 aliphatic heterocycles. The van der Waals surface area contributed by atoms with Gasteiger partial charge in [-0.1, -0.05) is 18.2 Å². The highest BCUT2D eigenvalue weighted by Crippen LogP contribution is 2.31. The van der Waals surface area contributed by atoms with E-state index in [1.54, 1.807) is 0 Å². The fourth-order valence-corrected chi connectivity index (χ4v) is 2.92. The third-order valence-electron chi connectivity index (χ3n) is 3.98. The number of morpholine rings is 1. The number of anilines is 1. The average Bonchev–Trinajstić information content (AvgIpc) is 2.47. The maximum atomic E-state index is 12.7. The first kappa shape index (κ1) is 12.6. The lowest BCUT2D eigenvalue weighted by atomic mass is 9.96. The van der Waals surface area contributed by atoms with Crippen LogP contribution in [0.25, 0.3) is 0 Å². The predicted molar refractivity (Wildman–Crippen MR) is 74.3 cm³/mol. The van der Waals surface area contributed by atoms with Gasteiger partial charge >= 0.3 is 0 Å². The number of fused-ring (bicyclic) bond motifs is 1. The van der Waals surface area contributed by atoms with Gasteiger partial charge in [-0.05, 0) is 31.4 Å². The van der Waals surface area contributed by atoms with E-state index in [2.05, 4.69) is 18.3 Å². The SMILES string of the molecule is CC1CCc2ccccc2N1C(=O)C1COCCN1. The maximum Gasteiger partial charge on any atom is 0.246 e. The van der Waals surface area contributed by atoms with Crippen LogP contribution in [-0.2, 0) is 16.0 Å². The monoisotopic (exact) mass is 260 g/mol. The third kappa shape index (κ3) is 2.38. The fraction of sp³-hybridized carbons (Fsp3) is 0.533. The molecular weight excluding hydrogens is 240 g/mol. The number of nitrogens with zero attached hydrogens (tertiary/aromatic N) is 1. The number of benzene rings is 1. The number of nitrogens with one attached hydrogen (secondary N) is 1. The maximum absolute atomic E-state index is 12.7. The van der Waals surface area contributed by atoms with E-state index in [-0.39, 0.29) is 18.0 Å². The molecule has 4 nitrogen and oxygen atoms in total. The molecule has 1 aromatic carbocycles. The molecule has 0 radical (unpaired) electrons. The van der Waals surface area contributed by atoms with E-state index in [0.29, 0.717) is 13.2 Å². The Morgan fingerprint density at radius 3 is 3.05 bits per heavy atom. The topological polar surface area (TPSA) is 41.6 Å². The van der Waals surface area contributed by atoms with Crippen molar-refractivity contribution >= 4 is 11.6 Å². The normalized spacial score (nSPS) is 26.9. The van der Waals surface area contributed by atoms with Crippen LogP contribution in [0.5, 0.6) is 0 Å². The van der Waals surface area contributed by atoms with Crippen LogP contribution in [0.2, 0.25) is 0 Å². The largest absolute Gasteiger partial charge is 0.378 e. The molecule has 4 heteroatoms. The van der Waals surface area contributed by atoms with Crippen molar-refractivity contribution in [2.24, 2.45) is 0 Å². The van der Waals surface area contributed by atoms with Crippen LogP contribution in [0.3, 0.4) is 0 Å². The van der Waals surface area contributed by atoms with E-state index in [4.69, 9.17) is 4.74 Å². The summed E-state index contributed by atoms with van der Waals surface area (Å²) in [4.78, 5) is 14.7. The van der Waals surface area contributed by atoms with Crippen LogP contribution in [0, 0.1) is 0 Å². The summed E-state index contributed by atoms with van der Waals surface area (Å²) in [5, 5.41) is 3.25. The standard InChI is InChI=1S/C15H20N2O2/c1-11-6-7-12-4-2-3-5-14(12)17(11)15(18)13-10-19-9-8-16-13/h2-5,11,13,16H,6-10H2,1H3. The number of carbonyl (C=O) groups is 1. The minimum atomic E-state index is -0.206. The van der Waals surface area contributed by atoms with Crippen molar-refractivity contribution < 1.29 is 9.53 Å². The predicted octanol–water partition coefficient (Wildman–Crippen LogP) is 1.34. The summed E-state index contributed by atoms with van der Waals surface area (Å²) in [5.41, 5.74) is 2.34. The van der Waals surface area contributed by atoms with Gasteiger partial charge in [0.2, 0.25) is 5.91 Å². The second-order valence-electron chi connectivity index (χ2n) is 5.31. The first-order valence-corrected chi connectivity index (χ1v) is 6.99. The Hall–Kier alpha value is -1.39. The highest BCUT2D eigenvalue weighted by Gasteiger charge is 2.33. The molecule has 3 rings (SSSR count). The van der Waals surface area contributed by atoms with Crippen LogP contribution in [-0.4, -0.2) is 37.7 Å². The summed E-state index contributed by atoms with van der Waals surface area (Å²) in [5.74, 6) is 0.138. The van der Waals surface area contributed by atoms with Crippen molar-refractivity contribution in [2.75, 3.05) is 24.7 Å². The van der Waals surface area contributed by atoms with Gasteiger partial charge in [0.05, 0.1) is 13.2 Å². The lowest BCUT2D eigenvalue weighted by molar-refractivity contribution is -0.123. The van der Waals surface area contributed by atoms with Crippen LogP contribution in [0.4, 0.5) is 5.69 Å². The molecule has 1 fully saturated rings. The van der Waals surface area contributed by atoms with Crippen LogP contribution < -0.4 is 10.2 Å². The van der Waals surface area contributed by atoms with Crippen LogP contribution in [0.1, 0.15) is 18.9 Å². The Balaban J connectivity index is 1.88. The molecule has 1 N–H and O–H groups in total. The molecule has 0 aliphatic carbocycles. The molecule has 0 aromatic heterocycles. The minimum absolute atomic E-state index is 0.138. The van der Waals surface area contributed by atoms with E-state index in [1.165, 1.54) is 5.56 Å². The molecule has 0 bridgehead atoms. The summed E-state index contributed by atoms with van der Waals surface area (Å²) in [6, 6.07) is 8.26. The van der Waals surface area contributed by atoms with E-state index >= 15 is 0 Å². The Bertz CT molecular complexity index is 469. The Labute approximate surface area is 113 Å². The van der Waals surface area contributed by atoms with Crippen LogP contribution in [0.15, 0.2) is 24.3 Å². The molecule has 2 aliphatic rings. The summed E-state index contributed by atoms with van der Waals surface area (Å²) in [7, 11) is 0. The Morgan fingerprint density at radius 1 is 1.42 bits per heavy atom. The molecule has 2 atom stereocenters. The number of carbonyl (C=O) groups excluding carboxylic acids is 1. The molecule has 2 unspecified atom stereocenters. The van der Waals surface area contributed by atoms with Gasteiger partial charge in [-0.15, -0.1) is 0 Å². The van der Waals surface area contributed by atoms with E-state index in [1.807, 2.05) is 23.1 Å². The molecule has 0 saturated carbocycles. The van der Waals surface area contributed by atoms with Gasteiger partial charge in [0, 0.05) is 18.3 Å². The number of ether oxygens (including phenoxy) is 1.